The largest absolute Gasteiger partial charge is 0.480 e. The maximum absolute atomic E-state index is 12.9. The SMILES string of the molecule is CS(=O)(=O)C1CCCN(C(=O)C2(C(=O)O)CCCCCC2)C1. The molecule has 1 aliphatic heterocycles. The molecule has 6 nitrogen and oxygen atoms in total. The molecule has 0 aromatic rings. The zero-order valence-electron chi connectivity index (χ0n) is 13.1. The summed E-state index contributed by atoms with van der Waals surface area (Å²) in [6.45, 7) is 0.590. The lowest BCUT2D eigenvalue weighted by atomic mass is 9.78. The Morgan fingerprint density at radius 2 is 1.68 bits per heavy atom. The van der Waals surface area contributed by atoms with Crippen molar-refractivity contribution >= 4 is 21.7 Å². The highest BCUT2D eigenvalue weighted by atomic mass is 32.2. The molecule has 1 saturated heterocycles. The van der Waals surface area contributed by atoms with E-state index in [0.29, 0.717) is 32.2 Å². The van der Waals surface area contributed by atoms with Crippen LogP contribution in [0.15, 0.2) is 0 Å². The number of amides is 1. The number of sulfone groups is 1. The average molecular weight is 331 g/mol. The minimum Gasteiger partial charge on any atom is -0.480 e. The topological polar surface area (TPSA) is 91.8 Å². The molecule has 7 heteroatoms. The number of carboxylic acids is 1. The number of aliphatic carboxylic acids is 1. The lowest BCUT2D eigenvalue weighted by Gasteiger charge is -2.38. The minimum absolute atomic E-state index is 0.132. The van der Waals surface area contributed by atoms with Gasteiger partial charge in [-0.25, -0.2) is 8.42 Å². The molecular formula is C15H25NO5S. The Bertz CT molecular complexity index is 534. The van der Waals surface area contributed by atoms with Gasteiger partial charge in [0.05, 0.1) is 5.25 Å². The maximum atomic E-state index is 12.9. The van der Waals surface area contributed by atoms with Crippen molar-refractivity contribution in [3.8, 4) is 0 Å². The fraction of sp³-hybridized carbons (Fsp3) is 0.867. The number of carboxylic acid groups (broad SMARTS) is 1. The van der Waals surface area contributed by atoms with Crippen molar-refractivity contribution in [2.45, 2.75) is 56.6 Å². The van der Waals surface area contributed by atoms with Crippen LogP contribution < -0.4 is 0 Å². The number of carbonyl (C=O) groups is 2. The third-order valence-electron chi connectivity index (χ3n) is 5.05. The predicted molar refractivity (Wildman–Crippen MR) is 82.2 cm³/mol. The van der Waals surface area contributed by atoms with Crippen LogP contribution in [0.5, 0.6) is 0 Å². The molecule has 1 N–H and O–H groups in total. The van der Waals surface area contributed by atoms with Gasteiger partial charge >= 0.3 is 5.97 Å². The van der Waals surface area contributed by atoms with Crippen molar-refractivity contribution in [1.29, 1.82) is 0 Å². The van der Waals surface area contributed by atoms with Crippen LogP contribution in [-0.2, 0) is 19.4 Å². The summed E-state index contributed by atoms with van der Waals surface area (Å²) >= 11 is 0. The van der Waals surface area contributed by atoms with Crippen LogP contribution in [-0.4, -0.2) is 54.9 Å². The number of hydrogen-bond acceptors (Lipinski definition) is 4. The van der Waals surface area contributed by atoms with E-state index in [9.17, 15) is 23.1 Å². The van der Waals surface area contributed by atoms with Gasteiger partial charge in [0, 0.05) is 19.3 Å². The molecule has 1 unspecified atom stereocenters. The summed E-state index contributed by atoms with van der Waals surface area (Å²) in [7, 11) is -3.21. The van der Waals surface area contributed by atoms with Gasteiger partial charge < -0.3 is 10.0 Å². The third kappa shape index (κ3) is 3.45. The highest BCUT2D eigenvalue weighted by Crippen LogP contribution is 2.38. The normalized spacial score (nSPS) is 26.2. The van der Waals surface area contributed by atoms with E-state index < -0.39 is 26.5 Å². The number of nitrogens with zero attached hydrogens (tertiary/aromatic N) is 1. The molecule has 0 aromatic heterocycles. The molecule has 0 bridgehead atoms. The summed E-state index contributed by atoms with van der Waals surface area (Å²) in [4.78, 5) is 26.2. The first-order chi connectivity index (χ1) is 10.3. The Kier molecular flexibility index (Phi) is 5.14. The van der Waals surface area contributed by atoms with Gasteiger partial charge in [-0.15, -0.1) is 0 Å². The van der Waals surface area contributed by atoms with E-state index in [1.807, 2.05) is 0 Å². The molecule has 2 aliphatic rings. The van der Waals surface area contributed by atoms with Gasteiger partial charge in [-0.1, -0.05) is 25.7 Å². The molecule has 1 atom stereocenters. The molecule has 1 saturated carbocycles. The van der Waals surface area contributed by atoms with Crippen LogP contribution in [0.2, 0.25) is 0 Å². The van der Waals surface area contributed by atoms with E-state index in [1.54, 1.807) is 0 Å². The molecule has 1 aliphatic carbocycles. The van der Waals surface area contributed by atoms with Gasteiger partial charge in [-0.3, -0.25) is 9.59 Å². The maximum Gasteiger partial charge on any atom is 0.319 e. The molecule has 2 rings (SSSR count). The van der Waals surface area contributed by atoms with Crippen LogP contribution in [0.25, 0.3) is 0 Å². The number of rotatable bonds is 3. The standard InChI is InChI=1S/C15H25NO5S/c1-22(20,21)12-7-6-10-16(11-12)13(17)15(14(18)19)8-4-2-3-5-9-15/h12H,2-11H2,1H3,(H,18,19). The molecule has 22 heavy (non-hydrogen) atoms. The molecule has 1 heterocycles. The Morgan fingerprint density at radius 1 is 1.09 bits per heavy atom. The third-order valence-corrected chi connectivity index (χ3v) is 6.64. The Morgan fingerprint density at radius 3 is 2.18 bits per heavy atom. The molecule has 0 radical (unpaired) electrons. The van der Waals surface area contributed by atoms with Crippen molar-refractivity contribution in [3.05, 3.63) is 0 Å². The second-order valence-corrected chi connectivity index (χ2v) is 8.97. The minimum atomic E-state index is -3.21. The van der Waals surface area contributed by atoms with Crippen LogP contribution in [0.3, 0.4) is 0 Å². The van der Waals surface area contributed by atoms with Crippen molar-refractivity contribution in [2.24, 2.45) is 5.41 Å². The van der Waals surface area contributed by atoms with Crippen LogP contribution >= 0.6 is 0 Å². The highest BCUT2D eigenvalue weighted by molar-refractivity contribution is 7.91. The van der Waals surface area contributed by atoms with Gasteiger partial charge in [0.15, 0.2) is 9.84 Å². The summed E-state index contributed by atoms with van der Waals surface area (Å²) in [5.74, 6) is -1.43. The first-order valence-corrected chi connectivity index (χ1v) is 9.94. The fourth-order valence-electron chi connectivity index (χ4n) is 3.63. The van der Waals surface area contributed by atoms with Gasteiger partial charge in [0.1, 0.15) is 5.41 Å². The quantitative estimate of drug-likeness (QED) is 0.624. The zero-order chi connectivity index (χ0) is 16.4. The highest BCUT2D eigenvalue weighted by Gasteiger charge is 2.49. The Hall–Kier alpha value is -1.11. The van der Waals surface area contributed by atoms with Crippen LogP contribution in [0.1, 0.15) is 51.4 Å². The molecule has 1 amide bonds. The van der Waals surface area contributed by atoms with Gasteiger partial charge in [-0.2, -0.15) is 0 Å². The number of likely N-dealkylation sites (tertiary alicyclic amines) is 1. The zero-order valence-corrected chi connectivity index (χ0v) is 13.9. The Balaban J connectivity index is 2.21. The van der Waals surface area contributed by atoms with Crippen LogP contribution in [0, 0.1) is 5.41 Å². The summed E-state index contributed by atoms with van der Waals surface area (Å²) < 4.78 is 23.5. The summed E-state index contributed by atoms with van der Waals surface area (Å²) in [5.41, 5.74) is -1.35. The van der Waals surface area contributed by atoms with Crippen molar-refractivity contribution in [2.75, 3.05) is 19.3 Å². The first-order valence-electron chi connectivity index (χ1n) is 7.99. The van der Waals surface area contributed by atoms with Crippen molar-refractivity contribution < 1.29 is 23.1 Å². The van der Waals surface area contributed by atoms with E-state index in [-0.39, 0.29) is 12.5 Å². The van der Waals surface area contributed by atoms with Gasteiger partial charge in [0.2, 0.25) is 5.91 Å². The summed E-state index contributed by atoms with van der Waals surface area (Å²) in [5, 5.41) is 9.11. The molecule has 0 spiro atoms. The van der Waals surface area contributed by atoms with E-state index in [4.69, 9.17) is 0 Å². The molecule has 126 valence electrons. The smallest absolute Gasteiger partial charge is 0.319 e. The molecule has 2 fully saturated rings. The Labute approximate surface area is 131 Å². The van der Waals surface area contributed by atoms with Crippen molar-refractivity contribution in [3.63, 3.8) is 0 Å². The lowest BCUT2D eigenvalue weighted by Crippen LogP contribution is -2.53. The first kappa shape index (κ1) is 17.2. The van der Waals surface area contributed by atoms with Crippen molar-refractivity contribution in [1.82, 2.24) is 4.90 Å². The fourth-order valence-corrected chi connectivity index (χ4v) is 4.67. The predicted octanol–water partition coefficient (Wildman–Crippen LogP) is 1.45. The lowest BCUT2D eigenvalue weighted by molar-refractivity contribution is -0.162. The molecular weight excluding hydrogens is 306 g/mol. The number of carbonyl (C=O) groups excluding carboxylic acids is 1. The molecule has 0 aromatic carbocycles. The van der Waals surface area contributed by atoms with E-state index in [0.717, 1.165) is 25.7 Å². The van der Waals surface area contributed by atoms with E-state index in [2.05, 4.69) is 0 Å². The second-order valence-electron chi connectivity index (χ2n) is 6.65. The number of piperidine rings is 1. The second kappa shape index (κ2) is 6.56. The van der Waals surface area contributed by atoms with Gasteiger partial charge in [-0.05, 0) is 25.7 Å². The van der Waals surface area contributed by atoms with Crippen LogP contribution in [0.4, 0.5) is 0 Å². The number of hydrogen-bond donors (Lipinski definition) is 1. The summed E-state index contributed by atoms with van der Waals surface area (Å²) in [6, 6.07) is 0. The summed E-state index contributed by atoms with van der Waals surface area (Å²) in [6.07, 6.45) is 6.44. The van der Waals surface area contributed by atoms with E-state index in [1.165, 1.54) is 11.2 Å². The average Bonchev–Trinajstić information content (AvgIpc) is 2.72. The monoisotopic (exact) mass is 331 g/mol. The van der Waals surface area contributed by atoms with Gasteiger partial charge in [0.25, 0.3) is 0 Å². The van der Waals surface area contributed by atoms with E-state index >= 15 is 0 Å².